The van der Waals surface area contributed by atoms with Gasteiger partial charge in [-0.05, 0) is 36.4 Å². The van der Waals surface area contributed by atoms with Crippen LogP contribution in [0.25, 0.3) is 10.9 Å². The summed E-state index contributed by atoms with van der Waals surface area (Å²) in [6.45, 7) is 0. The van der Waals surface area contributed by atoms with E-state index in [1.807, 2.05) is 12.1 Å². The highest BCUT2D eigenvalue weighted by molar-refractivity contribution is 6.11. The second-order valence-electron chi connectivity index (χ2n) is 4.53. The van der Waals surface area contributed by atoms with Crippen LogP contribution in [0.15, 0.2) is 54.9 Å². The van der Waals surface area contributed by atoms with Crippen LogP contribution in [0, 0.1) is 0 Å². The van der Waals surface area contributed by atoms with Crippen LogP contribution in [-0.2, 0) is 0 Å². The van der Waals surface area contributed by atoms with E-state index in [1.165, 1.54) is 18.3 Å². The fraction of sp³-hybridized carbons (Fsp3) is 0. The number of hydrogen-bond acceptors (Lipinski definition) is 4. The van der Waals surface area contributed by atoms with E-state index in [0.717, 1.165) is 10.9 Å². The molecular formula is C16H11N3O3. The maximum absolute atomic E-state index is 12.3. The van der Waals surface area contributed by atoms with E-state index in [0.29, 0.717) is 5.69 Å². The van der Waals surface area contributed by atoms with Crippen molar-refractivity contribution in [3.8, 4) is 0 Å². The van der Waals surface area contributed by atoms with E-state index in [4.69, 9.17) is 5.11 Å². The van der Waals surface area contributed by atoms with Crippen LogP contribution in [0.1, 0.15) is 20.8 Å². The van der Waals surface area contributed by atoms with Gasteiger partial charge in [-0.1, -0.05) is 6.07 Å². The number of fused-ring (bicyclic) bond motifs is 1. The zero-order chi connectivity index (χ0) is 15.5. The summed E-state index contributed by atoms with van der Waals surface area (Å²) in [4.78, 5) is 31.6. The molecule has 2 N–H and O–H groups in total. The number of hydrogen-bond donors (Lipinski definition) is 2. The van der Waals surface area contributed by atoms with E-state index in [9.17, 15) is 9.59 Å². The number of amides is 1. The lowest BCUT2D eigenvalue weighted by molar-refractivity contribution is 0.0691. The third-order valence-corrected chi connectivity index (χ3v) is 3.15. The van der Waals surface area contributed by atoms with Gasteiger partial charge in [-0.3, -0.25) is 14.8 Å². The van der Waals surface area contributed by atoms with Gasteiger partial charge in [0, 0.05) is 17.8 Å². The highest BCUT2D eigenvalue weighted by Crippen LogP contribution is 2.22. The predicted molar refractivity (Wildman–Crippen MR) is 80.9 cm³/mol. The van der Waals surface area contributed by atoms with E-state index in [1.54, 1.807) is 24.4 Å². The molecule has 3 aromatic rings. The lowest BCUT2D eigenvalue weighted by Crippen LogP contribution is -2.18. The molecule has 0 atom stereocenters. The number of nitrogens with one attached hydrogen (secondary N) is 1. The molecule has 0 aliphatic carbocycles. The summed E-state index contributed by atoms with van der Waals surface area (Å²) in [7, 11) is 0. The minimum absolute atomic E-state index is 0.129. The zero-order valence-electron chi connectivity index (χ0n) is 11.4. The van der Waals surface area contributed by atoms with Crippen molar-refractivity contribution >= 4 is 28.5 Å². The molecule has 0 spiro atoms. The highest BCUT2D eigenvalue weighted by atomic mass is 16.4. The maximum Gasteiger partial charge on any atom is 0.338 e. The van der Waals surface area contributed by atoms with Crippen molar-refractivity contribution in [1.82, 2.24) is 9.97 Å². The van der Waals surface area contributed by atoms with Crippen LogP contribution < -0.4 is 5.32 Å². The number of carbonyl (C=O) groups excluding carboxylic acids is 1. The van der Waals surface area contributed by atoms with E-state index < -0.39 is 11.9 Å². The van der Waals surface area contributed by atoms with Gasteiger partial charge in [0.25, 0.3) is 5.91 Å². The Balaban J connectivity index is 1.99. The molecule has 1 aromatic carbocycles. The Bertz CT molecular complexity index is 872. The van der Waals surface area contributed by atoms with E-state index in [2.05, 4.69) is 15.3 Å². The number of carbonyl (C=O) groups is 2. The van der Waals surface area contributed by atoms with Crippen molar-refractivity contribution in [2.75, 3.05) is 5.32 Å². The fourth-order valence-corrected chi connectivity index (χ4v) is 2.15. The molecule has 0 radical (unpaired) electrons. The molecule has 0 aliphatic rings. The number of carboxylic acids is 1. The highest BCUT2D eigenvalue weighted by Gasteiger charge is 2.18. The van der Waals surface area contributed by atoms with Crippen LogP contribution in [0.4, 0.5) is 5.69 Å². The van der Waals surface area contributed by atoms with Gasteiger partial charge in [-0.25, -0.2) is 4.79 Å². The third-order valence-electron chi connectivity index (χ3n) is 3.15. The number of carboxylic acid groups (broad SMARTS) is 1. The summed E-state index contributed by atoms with van der Waals surface area (Å²) >= 11 is 0. The first-order valence-corrected chi connectivity index (χ1v) is 6.50. The van der Waals surface area contributed by atoms with Gasteiger partial charge in [0.05, 0.1) is 16.8 Å². The Morgan fingerprint density at radius 1 is 0.955 bits per heavy atom. The maximum atomic E-state index is 12.3. The van der Waals surface area contributed by atoms with Gasteiger partial charge in [0.2, 0.25) is 0 Å². The Kier molecular flexibility index (Phi) is 3.49. The summed E-state index contributed by atoms with van der Waals surface area (Å²) in [6, 6.07) is 11.7. The standard InChI is InChI=1S/C16H11N3O3/c20-15(14-11(16(21)22)5-3-9-18-14)19-13-7-1-6-12-10(13)4-2-8-17-12/h1-9H,(H,19,20)(H,21,22). The minimum Gasteiger partial charge on any atom is -0.478 e. The van der Waals surface area contributed by atoms with Crippen molar-refractivity contribution < 1.29 is 14.7 Å². The van der Waals surface area contributed by atoms with Crippen LogP contribution in [0.5, 0.6) is 0 Å². The number of anilines is 1. The fourth-order valence-electron chi connectivity index (χ4n) is 2.15. The number of aromatic carboxylic acids is 1. The monoisotopic (exact) mass is 293 g/mol. The largest absolute Gasteiger partial charge is 0.478 e. The van der Waals surface area contributed by atoms with Gasteiger partial charge in [-0.15, -0.1) is 0 Å². The molecule has 108 valence electrons. The number of nitrogens with zero attached hydrogens (tertiary/aromatic N) is 2. The molecule has 0 unspecified atom stereocenters. The molecular weight excluding hydrogens is 282 g/mol. The van der Waals surface area contributed by atoms with Crippen molar-refractivity contribution in [2.24, 2.45) is 0 Å². The SMILES string of the molecule is O=C(O)c1cccnc1C(=O)Nc1cccc2ncccc12. The summed E-state index contributed by atoms with van der Waals surface area (Å²) in [5.74, 6) is -1.77. The van der Waals surface area contributed by atoms with E-state index >= 15 is 0 Å². The van der Waals surface area contributed by atoms with Crippen molar-refractivity contribution in [3.63, 3.8) is 0 Å². The average Bonchev–Trinajstić information content (AvgIpc) is 2.55. The van der Waals surface area contributed by atoms with Crippen LogP contribution in [-0.4, -0.2) is 27.0 Å². The molecule has 3 rings (SSSR count). The number of aromatic nitrogens is 2. The molecule has 2 aromatic heterocycles. The average molecular weight is 293 g/mol. The Labute approximate surface area is 125 Å². The number of benzene rings is 1. The molecule has 0 saturated heterocycles. The molecule has 1 amide bonds. The molecule has 6 nitrogen and oxygen atoms in total. The summed E-state index contributed by atoms with van der Waals surface area (Å²) in [5.41, 5.74) is 1.02. The predicted octanol–water partition coefficient (Wildman–Crippen LogP) is 2.58. The third kappa shape index (κ3) is 2.49. The molecule has 0 fully saturated rings. The molecule has 0 bridgehead atoms. The van der Waals surface area contributed by atoms with Gasteiger partial charge < -0.3 is 10.4 Å². The number of pyridine rings is 2. The first kappa shape index (κ1) is 13.7. The Morgan fingerprint density at radius 2 is 1.73 bits per heavy atom. The van der Waals surface area contributed by atoms with Crippen LogP contribution in [0.2, 0.25) is 0 Å². The molecule has 2 heterocycles. The molecule has 0 saturated carbocycles. The van der Waals surface area contributed by atoms with Crippen molar-refractivity contribution in [1.29, 1.82) is 0 Å². The van der Waals surface area contributed by atoms with Gasteiger partial charge in [0.15, 0.2) is 0 Å². The van der Waals surface area contributed by atoms with Crippen LogP contribution >= 0.6 is 0 Å². The zero-order valence-corrected chi connectivity index (χ0v) is 11.4. The smallest absolute Gasteiger partial charge is 0.338 e. The summed E-state index contributed by atoms with van der Waals surface area (Å²) in [6.07, 6.45) is 3.04. The van der Waals surface area contributed by atoms with Gasteiger partial charge >= 0.3 is 5.97 Å². The van der Waals surface area contributed by atoms with Crippen molar-refractivity contribution in [3.05, 3.63) is 66.1 Å². The normalized spacial score (nSPS) is 10.4. The van der Waals surface area contributed by atoms with Crippen molar-refractivity contribution in [2.45, 2.75) is 0 Å². The second kappa shape index (κ2) is 5.61. The van der Waals surface area contributed by atoms with Gasteiger partial charge in [0.1, 0.15) is 5.69 Å². The first-order valence-electron chi connectivity index (χ1n) is 6.50. The molecule has 22 heavy (non-hydrogen) atoms. The lowest BCUT2D eigenvalue weighted by atomic mass is 10.1. The van der Waals surface area contributed by atoms with Crippen LogP contribution in [0.3, 0.4) is 0 Å². The Morgan fingerprint density at radius 3 is 2.55 bits per heavy atom. The quantitative estimate of drug-likeness (QED) is 0.774. The topological polar surface area (TPSA) is 92.2 Å². The molecule has 6 heteroatoms. The van der Waals surface area contributed by atoms with E-state index in [-0.39, 0.29) is 11.3 Å². The lowest BCUT2D eigenvalue weighted by Gasteiger charge is -2.09. The molecule has 0 aliphatic heterocycles. The first-order chi connectivity index (χ1) is 10.7. The number of rotatable bonds is 3. The second-order valence-corrected chi connectivity index (χ2v) is 4.53. The Hall–Kier alpha value is -3.28. The van der Waals surface area contributed by atoms with Gasteiger partial charge in [-0.2, -0.15) is 0 Å². The summed E-state index contributed by atoms with van der Waals surface area (Å²) in [5, 5.41) is 12.6. The summed E-state index contributed by atoms with van der Waals surface area (Å²) < 4.78 is 0. The minimum atomic E-state index is -1.20.